The maximum atomic E-state index is 12.6. The fraction of sp³-hybridized carbons (Fsp3) is 0.158. The van der Waals surface area contributed by atoms with E-state index in [0.29, 0.717) is 17.2 Å². The van der Waals surface area contributed by atoms with Crippen LogP contribution in [0.15, 0.2) is 58.7 Å². The lowest BCUT2D eigenvalue weighted by molar-refractivity contribution is -0.121. The molecular formula is C19H16N4O4S. The number of nitrogens with zero attached hydrogens (tertiary/aromatic N) is 3. The Labute approximate surface area is 165 Å². The van der Waals surface area contributed by atoms with Gasteiger partial charge in [-0.1, -0.05) is 30.0 Å². The molecule has 0 aliphatic carbocycles. The van der Waals surface area contributed by atoms with Crippen molar-refractivity contribution in [3.63, 3.8) is 0 Å². The lowest BCUT2D eigenvalue weighted by atomic mass is 10.2. The fourth-order valence-corrected chi connectivity index (χ4v) is 3.68. The Morgan fingerprint density at radius 1 is 1.14 bits per heavy atom. The van der Waals surface area contributed by atoms with E-state index in [-0.39, 0.29) is 30.2 Å². The minimum absolute atomic E-state index is 0.0699. The van der Waals surface area contributed by atoms with Gasteiger partial charge in [-0.2, -0.15) is 5.10 Å². The normalized spacial score (nSPS) is 19.1. The molecule has 0 saturated carbocycles. The van der Waals surface area contributed by atoms with Crippen LogP contribution in [0, 0.1) is 0 Å². The maximum Gasteiger partial charge on any atom is 0.247 e. The third-order valence-corrected chi connectivity index (χ3v) is 5.12. The topological polar surface area (TPSA) is 107 Å². The van der Waals surface area contributed by atoms with Gasteiger partial charge < -0.3 is 15.2 Å². The zero-order chi connectivity index (χ0) is 19.5. The highest BCUT2D eigenvalue weighted by Crippen LogP contribution is 2.32. The number of hydrogen-bond acceptors (Lipinski definition) is 7. The molecule has 0 bridgehead atoms. The molecule has 9 heteroatoms. The minimum Gasteiger partial charge on any atom is -0.454 e. The van der Waals surface area contributed by atoms with Gasteiger partial charge in [-0.15, -0.1) is 5.10 Å². The monoisotopic (exact) mass is 396 g/mol. The molecule has 2 aromatic carbocycles. The molecule has 142 valence electrons. The zero-order valence-corrected chi connectivity index (χ0v) is 15.5. The second kappa shape index (κ2) is 7.73. The summed E-state index contributed by atoms with van der Waals surface area (Å²) in [5.41, 5.74) is 7.20. The minimum atomic E-state index is -0.614. The number of ether oxygens (including phenoxy) is 2. The standard InChI is InChI=1S/C19H16N4O4S/c20-19(22-21-10-12-6-7-14-15(8-12)27-11-26-14)28-16-9-17(24)23(18(16)25)13-4-2-1-3-5-13/h1-8,10,16H,9,11H2,(H2,20,22). The smallest absolute Gasteiger partial charge is 0.247 e. The predicted molar refractivity (Wildman–Crippen MR) is 107 cm³/mol. The Hall–Kier alpha value is -3.33. The molecular weight excluding hydrogens is 380 g/mol. The first-order valence-electron chi connectivity index (χ1n) is 8.46. The lowest BCUT2D eigenvalue weighted by Gasteiger charge is -2.14. The number of anilines is 1. The summed E-state index contributed by atoms with van der Waals surface area (Å²) in [6, 6.07) is 14.2. The van der Waals surface area contributed by atoms with Crippen molar-refractivity contribution in [2.75, 3.05) is 11.7 Å². The van der Waals surface area contributed by atoms with E-state index < -0.39 is 5.25 Å². The first-order valence-corrected chi connectivity index (χ1v) is 9.34. The van der Waals surface area contributed by atoms with E-state index >= 15 is 0 Å². The van der Waals surface area contributed by atoms with Gasteiger partial charge in [-0.3, -0.25) is 9.59 Å². The summed E-state index contributed by atoms with van der Waals surface area (Å²) in [7, 11) is 0. The van der Waals surface area contributed by atoms with Crippen molar-refractivity contribution in [2.24, 2.45) is 15.9 Å². The molecule has 2 N–H and O–H groups in total. The number of rotatable bonds is 4. The van der Waals surface area contributed by atoms with Crippen LogP contribution in [-0.2, 0) is 9.59 Å². The van der Waals surface area contributed by atoms with Crippen LogP contribution in [0.4, 0.5) is 5.69 Å². The van der Waals surface area contributed by atoms with Crippen molar-refractivity contribution in [1.29, 1.82) is 0 Å². The molecule has 0 radical (unpaired) electrons. The summed E-state index contributed by atoms with van der Waals surface area (Å²) < 4.78 is 10.5. The van der Waals surface area contributed by atoms with Gasteiger partial charge in [0.15, 0.2) is 16.7 Å². The first-order chi connectivity index (χ1) is 13.6. The molecule has 2 amide bonds. The number of carbonyl (C=O) groups is 2. The second-order valence-electron chi connectivity index (χ2n) is 6.01. The van der Waals surface area contributed by atoms with Crippen molar-refractivity contribution in [3.8, 4) is 11.5 Å². The molecule has 4 rings (SSSR count). The molecule has 1 saturated heterocycles. The molecule has 1 fully saturated rings. The molecule has 2 aromatic rings. The van der Waals surface area contributed by atoms with Gasteiger partial charge >= 0.3 is 0 Å². The number of fused-ring (bicyclic) bond motifs is 1. The average Bonchev–Trinajstić information content (AvgIpc) is 3.26. The highest BCUT2D eigenvalue weighted by atomic mass is 32.2. The summed E-state index contributed by atoms with van der Waals surface area (Å²) >= 11 is 1.03. The van der Waals surface area contributed by atoms with E-state index in [2.05, 4.69) is 10.2 Å². The van der Waals surface area contributed by atoms with E-state index in [9.17, 15) is 9.59 Å². The molecule has 0 aromatic heterocycles. The number of benzene rings is 2. The third kappa shape index (κ3) is 3.70. The molecule has 2 aliphatic heterocycles. The van der Waals surface area contributed by atoms with Gasteiger partial charge in [-0.05, 0) is 35.9 Å². The van der Waals surface area contributed by atoms with Gasteiger partial charge in [0.1, 0.15) is 5.25 Å². The number of imide groups is 1. The largest absolute Gasteiger partial charge is 0.454 e. The summed E-state index contributed by atoms with van der Waals surface area (Å²) in [6.07, 6.45) is 1.59. The molecule has 0 spiro atoms. The van der Waals surface area contributed by atoms with Gasteiger partial charge in [0.05, 0.1) is 11.9 Å². The summed E-state index contributed by atoms with van der Waals surface area (Å²) in [6.45, 7) is 0.200. The second-order valence-corrected chi connectivity index (χ2v) is 7.23. The number of para-hydroxylation sites is 1. The first kappa shape index (κ1) is 18.1. The van der Waals surface area contributed by atoms with Crippen LogP contribution in [0.1, 0.15) is 12.0 Å². The van der Waals surface area contributed by atoms with Crippen LogP contribution in [0.3, 0.4) is 0 Å². The van der Waals surface area contributed by atoms with Crippen LogP contribution in [0.25, 0.3) is 0 Å². The Balaban J connectivity index is 1.40. The van der Waals surface area contributed by atoms with Crippen LogP contribution in [0.5, 0.6) is 11.5 Å². The van der Waals surface area contributed by atoms with Crippen molar-refractivity contribution >= 4 is 40.6 Å². The molecule has 2 heterocycles. The molecule has 2 aliphatic rings. The summed E-state index contributed by atoms with van der Waals surface area (Å²) in [4.78, 5) is 26.0. The number of thioether (sulfide) groups is 1. The fourth-order valence-electron chi connectivity index (χ4n) is 2.86. The van der Waals surface area contributed by atoms with Crippen LogP contribution >= 0.6 is 11.8 Å². The number of amides is 2. The van der Waals surface area contributed by atoms with E-state index in [1.807, 2.05) is 12.1 Å². The Kier molecular flexibility index (Phi) is 4.98. The van der Waals surface area contributed by atoms with E-state index in [1.54, 1.807) is 36.4 Å². The van der Waals surface area contributed by atoms with Gasteiger partial charge in [0, 0.05) is 6.42 Å². The number of amidine groups is 1. The molecule has 1 atom stereocenters. The zero-order valence-electron chi connectivity index (χ0n) is 14.6. The van der Waals surface area contributed by atoms with E-state index in [4.69, 9.17) is 15.2 Å². The lowest BCUT2D eigenvalue weighted by Crippen LogP contribution is -2.31. The van der Waals surface area contributed by atoms with E-state index in [1.165, 1.54) is 11.1 Å². The Morgan fingerprint density at radius 3 is 2.75 bits per heavy atom. The van der Waals surface area contributed by atoms with Crippen LogP contribution in [-0.4, -0.2) is 35.2 Å². The van der Waals surface area contributed by atoms with Crippen molar-refractivity contribution in [1.82, 2.24) is 0 Å². The van der Waals surface area contributed by atoms with Gasteiger partial charge in [0.25, 0.3) is 0 Å². The molecule has 28 heavy (non-hydrogen) atoms. The number of carbonyl (C=O) groups excluding carboxylic acids is 2. The van der Waals surface area contributed by atoms with Crippen LogP contribution < -0.4 is 20.1 Å². The predicted octanol–water partition coefficient (Wildman–Crippen LogP) is 2.13. The molecule has 1 unspecified atom stereocenters. The van der Waals surface area contributed by atoms with Crippen molar-refractivity contribution in [3.05, 3.63) is 54.1 Å². The summed E-state index contributed by atoms with van der Waals surface area (Å²) in [5.74, 6) is 0.763. The van der Waals surface area contributed by atoms with E-state index in [0.717, 1.165) is 17.3 Å². The third-order valence-electron chi connectivity index (χ3n) is 4.14. The van der Waals surface area contributed by atoms with Crippen LogP contribution in [0.2, 0.25) is 0 Å². The summed E-state index contributed by atoms with van der Waals surface area (Å²) in [5, 5.41) is 7.34. The Morgan fingerprint density at radius 2 is 1.93 bits per heavy atom. The van der Waals surface area contributed by atoms with Gasteiger partial charge in [-0.25, -0.2) is 4.90 Å². The van der Waals surface area contributed by atoms with Gasteiger partial charge in [0.2, 0.25) is 18.6 Å². The Bertz CT molecular complexity index is 977. The van der Waals surface area contributed by atoms with Crippen molar-refractivity contribution < 1.29 is 19.1 Å². The quantitative estimate of drug-likeness (QED) is 0.367. The highest BCUT2D eigenvalue weighted by Gasteiger charge is 2.40. The molecule has 8 nitrogen and oxygen atoms in total. The average molecular weight is 396 g/mol. The maximum absolute atomic E-state index is 12.6. The SMILES string of the molecule is NC(=NN=Cc1ccc2c(c1)OCO2)SC1CC(=O)N(c2ccccc2)C1=O. The number of nitrogens with two attached hydrogens (primary N) is 1. The van der Waals surface area contributed by atoms with Crippen molar-refractivity contribution in [2.45, 2.75) is 11.7 Å². The number of hydrogen-bond donors (Lipinski definition) is 1. The highest BCUT2D eigenvalue weighted by molar-refractivity contribution is 8.14.